The van der Waals surface area contributed by atoms with Gasteiger partial charge in [0, 0.05) is 6.07 Å². The van der Waals surface area contributed by atoms with Gasteiger partial charge in [0.05, 0.1) is 0 Å². The van der Waals surface area contributed by atoms with E-state index in [-0.39, 0.29) is 18.3 Å². The van der Waals surface area contributed by atoms with E-state index in [1.807, 2.05) is 18.2 Å². The number of aromatic nitrogens is 1. The summed E-state index contributed by atoms with van der Waals surface area (Å²) in [6.45, 7) is 4.57. The number of ether oxygens (including phenoxy) is 1. The highest BCUT2D eigenvalue weighted by Crippen LogP contribution is 2.20. The normalized spacial score (nSPS) is 10.7. The van der Waals surface area contributed by atoms with Crippen molar-refractivity contribution in [1.29, 1.82) is 0 Å². The SMILES string of the molecule is CC(C)c1ccc(OCc2ccc(C(=O)Nc3ccc[nH+]c3)o2)cc1. The minimum Gasteiger partial charge on any atom is -0.486 e. The Hall–Kier alpha value is -3.08. The molecule has 5 nitrogen and oxygen atoms in total. The van der Waals surface area contributed by atoms with Crippen LogP contribution in [0.1, 0.15) is 41.6 Å². The second-order valence-corrected chi connectivity index (χ2v) is 6.02. The van der Waals surface area contributed by atoms with Gasteiger partial charge in [-0.3, -0.25) is 4.79 Å². The Morgan fingerprint density at radius 1 is 1.16 bits per heavy atom. The standard InChI is InChI=1S/C20H20N2O3/c1-14(2)15-5-7-17(8-6-15)24-13-18-9-10-19(25-18)20(23)22-16-4-3-11-21-12-16/h3-12,14H,13H2,1-2H3,(H,22,23)/p+1. The fourth-order valence-electron chi connectivity index (χ4n) is 2.34. The van der Waals surface area contributed by atoms with Gasteiger partial charge in [0.1, 0.15) is 23.8 Å². The Morgan fingerprint density at radius 3 is 2.64 bits per heavy atom. The van der Waals surface area contributed by atoms with Crippen molar-refractivity contribution >= 4 is 11.6 Å². The van der Waals surface area contributed by atoms with E-state index in [4.69, 9.17) is 9.15 Å². The second kappa shape index (κ2) is 7.66. The van der Waals surface area contributed by atoms with E-state index in [1.165, 1.54) is 5.56 Å². The predicted octanol–water partition coefficient (Wildman–Crippen LogP) is 4.05. The lowest BCUT2D eigenvalue weighted by Crippen LogP contribution is -2.13. The van der Waals surface area contributed by atoms with Gasteiger partial charge in [-0.25, -0.2) is 4.98 Å². The van der Waals surface area contributed by atoms with E-state index in [0.717, 1.165) is 5.75 Å². The fraction of sp³-hybridized carbons (Fsp3) is 0.200. The molecule has 2 heterocycles. The van der Waals surface area contributed by atoms with Crippen LogP contribution in [-0.2, 0) is 6.61 Å². The van der Waals surface area contributed by atoms with Crippen molar-refractivity contribution in [2.24, 2.45) is 0 Å². The van der Waals surface area contributed by atoms with E-state index in [2.05, 4.69) is 36.3 Å². The van der Waals surface area contributed by atoms with Gasteiger partial charge >= 0.3 is 0 Å². The number of carbonyl (C=O) groups is 1. The maximum atomic E-state index is 12.1. The van der Waals surface area contributed by atoms with Crippen LogP contribution in [0.4, 0.5) is 5.69 Å². The Bertz CT molecular complexity index is 824. The Balaban J connectivity index is 1.57. The molecule has 5 heteroatoms. The van der Waals surface area contributed by atoms with Gasteiger partial charge in [0.15, 0.2) is 18.2 Å². The zero-order valence-corrected chi connectivity index (χ0v) is 14.3. The highest BCUT2D eigenvalue weighted by molar-refractivity contribution is 6.02. The van der Waals surface area contributed by atoms with E-state index < -0.39 is 0 Å². The van der Waals surface area contributed by atoms with E-state index in [0.29, 0.717) is 17.4 Å². The summed E-state index contributed by atoms with van der Waals surface area (Å²) in [5.74, 6) is 1.80. The molecule has 1 amide bonds. The minimum atomic E-state index is -0.299. The molecule has 0 fully saturated rings. The maximum Gasteiger partial charge on any atom is 0.291 e. The van der Waals surface area contributed by atoms with Crippen molar-refractivity contribution in [2.45, 2.75) is 26.4 Å². The molecule has 0 spiro atoms. The van der Waals surface area contributed by atoms with Crippen LogP contribution in [0.3, 0.4) is 0 Å². The number of amides is 1. The fourth-order valence-corrected chi connectivity index (χ4v) is 2.34. The van der Waals surface area contributed by atoms with Crippen molar-refractivity contribution in [3.8, 4) is 5.75 Å². The smallest absolute Gasteiger partial charge is 0.291 e. The molecule has 0 aliphatic carbocycles. The average Bonchev–Trinajstić information content (AvgIpc) is 3.10. The maximum absolute atomic E-state index is 12.1. The molecule has 0 atom stereocenters. The van der Waals surface area contributed by atoms with E-state index in [1.54, 1.807) is 30.6 Å². The lowest BCUT2D eigenvalue weighted by molar-refractivity contribution is -0.377. The second-order valence-electron chi connectivity index (χ2n) is 6.02. The summed E-state index contributed by atoms with van der Waals surface area (Å²) in [6.07, 6.45) is 3.47. The largest absolute Gasteiger partial charge is 0.486 e. The first-order valence-corrected chi connectivity index (χ1v) is 8.21. The van der Waals surface area contributed by atoms with Crippen LogP contribution < -0.4 is 15.0 Å². The van der Waals surface area contributed by atoms with Crippen molar-refractivity contribution < 1.29 is 18.9 Å². The van der Waals surface area contributed by atoms with Crippen molar-refractivity contribution in [1.82, 2.24) is 0 Å². The van der Waals surface area contributed by atoms with Gasteiger partial charge in [0.2, 0.25) is 0 Å². The van der Waals surface area contributed by atoms with Crippen LogP contribution >= 0.6 is 0 Å². The molecule has 0 radical (unpaired) electrons. The third-order valence-electron chi connectivity index (χ3n) is 3.78. The number of pyridine rings is 1. The molecular formula is C20H21N2O3+. The number of hydrogen-bond acceptors (Lipinski definition) is 3. The van der Waals surface area contributed by atoms with Gasteiger partial charge in [-0.1, -0.05) is 26.0 Å². The monoisotopic (exact) mass is 337 g/mol. The van der Waals surface area contributed by atoms with Crippen LogP contribution in [0, 0.1) is 0 Å². The van der Waals surface area contributed by atoms with Crippen molar-refractivity contribution in [3.63, 3.8) is 0 Å². The number of carbonyl (C=O) groups excluding carboxylic acids is 1. The first kappa shape index (κ1) is 16.8. The number of H-pyrrole nitrogens is 1. The van der Waals surface area contributed by atoms with Gasteiger partial charge in [0.25, 0.3) is 5.91 Å². The average molecular weight is 337 g/mol. The molecule has 1 aromatic carbocycles. The number of hydrogen-bond donors (Lipinski definition) is 1. The molecule has 0 aliphatic heterocycles. The van der Waals surface area contributed by atoms with E-state index >= 15 is 0 Å². The molecular weight excluding hydrogens is 316 g/mol. The van der Waals surface area contributed by atoms with Gasteiger partial charge in [-0.2, -0.15) is 0 Å². The van der Waals surface area contributed by atoms with Crippen LogP contribution in [0.25, 0.3) is 0 Å². The molecule has 3 rings (SSSR count). The summed E-state index contributed by atoms with van der Waals surface area (Å²) in [7, 11) is 0. The summed E-state index contributed by atoms with van der Waals surface area (Å²) >= 11 is 0. The molecule has 2 aromatic heterocycles. The molecule has 128 valence electrons. The Morgan fingerprint density at radius 2 is 1.96 bits per heavy atom. The number of benzene rings is 1. The topological polar surface area (TPSA) is 65.6 Å². The zero-order chi connectivity index (χ0) is 17.6. The number of anilines is 1. The molecule has 0 aliphatic rings. The highest BCUT2D eigenvalue weighted by Gasteiger charge is 2.12. The molecule has 0 unspecified atom stereocenters. The predicted molar refractivity (Wildman–Crippen MR) is 94.5 cm³/mol. The van der Waals surface area contributed by atoms with Crippen LogP contribution in [-0.4, -0.2) is 5.91 Å². The molecule has 0 saturated heterocycles. The molecule has 0 bridgehead atoms. The quantitative estimate of drug-likeness (QED) is 0.738. The highest BCUT2D eigenvalue weighted by atomic mass is 16.5. The lowest BCUT2D eigenvalue weighted by Gasteiger charge is -2.08. The molecule has 0 saturated carbocycles. The summed E-state index contributed by atoms with van der Waals surface area (Å²) in [5.41, 5.74) is 1.94. The summed E-state index contributed by atoms with van der Waals surface area (Å²) < 4.78 is 11.3. The molecule has 3 aromatic rings. The molecule has 2 N–H and O–H groups in total. The number of nitrogens with one attached hydrogen (secondary N) is 2. The van der Waals surface area contributed by atoms with Crippen molar-refractivity contribution in [2.75, 3.05) is 5.32 Å². The van der Waals surface area contributed by atoms with Gasteiger partial charge < -0.3 is 14.5 Å². The third kappa shape index (κ3) is 4.47. The minimum absolute atomic E-state index is 0.248. The van der Waals surface area contributed by atoms with Crippen molar-refractivity contribution in [3.05, 3.63) is 78.0 Å². The summed E-state index contributed by atoms with van der Waals surface area (Å²) in [5, 5.41) is 2.76. The first-order valence-electron chi connectivity index (χ1n) is 8.21. The van der Waals surface area contributed by atoms with Crippen LogP contribution in [0.2, 0.25) is 0 Å². The third-order valence-corrected chi connectivity index (χ3v) is 3.78. The Kier molecular flexibility index (Phi) is 5.14. The Labute approximate surface area is 146 Å². The van der Waals surface area contributed by atoms with Crippen LogP contribution in [0.15, 0.2) is 65.3 Å². The van der Waals surface area contributed by atoms with E-state index in [9.17, 15) is 4.79 Å². The van der Waals surface area contributed by atoms with Gasteiger partial charge in [-0.15, -0.1) is 0 Å². The first-order chi connectivity index (χ1) is 12.1. The summed E-state index contributed by atoms with van der Waals surface area (Å²) in [4.78, 5) is 15.1. The number of rotatable bonds is 6. The lowest BCUT2D eigenvalue weighted by atomic mass is 10.0. The van der Waals surface area contributed by atoms with Gasteiger partial charge in [-0.05, 0) is 41.8 Å². The zero-order valence-electron chi connectivity index (χ0n) is 14.3. The van der Waals surface area contributed by atoms with Crippen LogP contribution in [0.5, 0.6) is 5.75 Å². The summed E-state index contributed by atoms with van der Waals surface area (Å²) in [6, 6.07) is 15.0. The number of furan rings is 1. The number of aromatic amines is 1. The molecule has 25 heavy (non-hydrogen) atoms.